The van der Waals surface area contributed by atoms with Crippen LogP contribution in [0.15, 0.2) is 48.5 Å². The SMILES string of the molecule is CC(C)NCCC(C)c1ccc(-c2ccc(F)cc2)cc1. The predicted molar refractivity (Wildman–Crippen MR) is 88.0 cm³/mol. The Morgan fingerprint density at radius 1 is 0.857 bits per heavy atom. The van der Waals surface area contributed by atoms with E-state index in [1.807, 2.05) is 12.1 Å². The normalized spacial score (nSPS) is 12.6. The minimum Gasteiger partial charge on any atom is -0.315 e. The molecule has 2 aromatic rings. The first-order valence-corrected chi connectivity index (χ1v) is 7.65. The fourth-order valence-corrected chi connectivity index (χ4v) is 2.40. The highest BCUT2D eigenvalue weighted by Crippen LogP contribution is 2.24. The van der Waals surface area contributed by atoms with Gasteiger partial charge in [0.2, 0.25) is 0 Å². The minimum absolute atomic E-state index is 0.193. The van der Waals surface area contributed by atoms with Gasteiger partial charge in [-0.2, -0.15) is 0 Å². The summed E-state index contributed by atoms with van der Waals surface area (Å²) in [6, 6.07) is 15.8. The van der Waals surface area contributed by atoms with Crippen molar-refractivity contribution in [2.45, 2.75) is 39.2 Å². The van der Waals surface area contributed by atoms with Gasteiger partial charge in [0.05, 0.1) is 0 Å². The number of nitrogens with one attached hydrogen (secondary N) is 1. The third-order valence-electron chi connectivity index (χ3n) is 3.79. The van der Waals surface area contributed by atoms with Gasteiger partial charge in [-0.05, 0) is 47.7 Å². The molecule has 2 aromatic carbocycles. The summed E-state index contributed by atoms with van der Waals surface area (Å²) in [6.45, 7) is 7.64. The van der Waals surface area contributed by atoms with Gasteiger partial charge in [0.1, 0.15) is 5.82 Å². The molecule has 1 unspecified atom stereocenters. The zero-order valence-corrected chi connectivity index (χ0v) is 13.1. The van der Waals surface area contributed by atoms with Gasteiger partial charge in [0.15, 0.2) is 0 Å². The molecule has 0 saturated carbocycles. The van der Waals surface area contributed by atoms with E-state index < -0.39 is 0 Å². The van der Waals surface area contributed by atoms with Crippen molar-refractivity contribution in [3.8, 4) is 11.1 Å². The van der Waals surface area contributed by atoms with Crippen molar-refractivity contribution in [3.63, 3.8) is 0 Å². The van der Waals surface area contributed by atoms with Crippen LogP contribution in [0.2, 0.25) is 0 Å². The van der Waals surface area contributed by atoms with Crippen molar-refractivity contribution >= 4 is 0 Å². The maximum Gasteiger partial charge on any atom is 0.123 e. The molecule has 0 spiro atoms. The van der Waals surface area contributed by atoms with Gasteiger partial charge in [-0.3, -0.25) is 0 Å². The van der Waals surface area contributed by atoms with Crippen molar-refractivity contribution in [2.24, 2.45) is 0 Å². The predicted octanol–water partition coefficient (Wildman–Crippen LogP) is 4.98. The second kappa shape index (κ2) is 7.37. The summed E-state index contributed by atoms with van der Waals surface area (Å²) in [7, 11) is 0. The van der Waals surface area contributed by atoms with Gasteiger partial charge in [0.25, 0.3) is 0 Å². The van der Waals surface area contributed by atoms with E-state index in [1.165, 1.54) is 17.7 Å². The fourth-order valence-electron chi connectivity index (χ4n) is 2.40. The second-order valence-corrected chi connectivity index (χ2v) is 5.93. The number of halogens is 1. The Kier molecular flexibility index (Phi) is 5.51. The molecule has 0 bridgehead atoms. The van der Waals surface area contributed by atoms with Crippen LogP contribution in [0.1, 0.15) is 38.7 Å². The van der Waals surface area contributed by atoms with Crippen LogP contribution >= 0.6 is 0 Å². The lowest BCUT2D eigenvalue weighted by Crippen LogP contribution is -2.24. The summed E-state index contributed by atoms with van der Waals surface area (Å²) >= 11 is 0. The monoisotopic (exact) mass is 285 g/mol. The molecular formula is C19H24FN. The summed E-state index contributed by atoms with van der Waals surface area (Å²) in [5.74, 6) is 0.347. The summed E-state index contributed by atoms with van der Waals surface area (Å²) in [4.78, 5) is 0. The van der Waals surface area contributed by atoms with E-state index in [0.29, 0.717) is 12.0 Å². The fraction of sp³-hybridized carbons (Fsp3) is 0.368. The molecular weight excluding hydrogens is 261 g/mol. The molecule has 0 aliphatic rings. The van der Waals surface area contributed by atoms with Crippen LogP contribution in [-0.4, -0.2) is 12.6 Å². The third kappa shape index (κ3) is 4.68. The molecule has 0 aliphatic carbocycles. The number of hydrogen-bond donors (Lipinski definition) is 1. The molecule has 0 fully saturated rings. The highest BCUT2D eigenvalue weighted by molar-refractivity contribution is 5.63. The molecule has 0 radical (unpaired) electrons. The van der Waals surface area contributed by atoms with E-state index in [2.05, 4.69) is 50.4 Å². The van der Waals surface area contributed by atoms with Crippen molar-refractivity contribution in [1.82, 2.24) is 5.32 Å². The molecule has 2 rings (SSSR count). The van der Waals surface area contributed by atoms with E-state index >= 15 is 0 Å². The zero-order valence-electron chi connectivity index (χ0n) is 13.1. The maximum absolute atomic E-state index is 12.9. The van der Waals surface area contributed by atoms with Gasteiger partial charge < -0.3 is 5.32 Å². The van der Waals surface area contributed by atoms with Crippen molar-refractivity contribution < 1.29 is 4.39 Å². The molecule has 0 aromatic heterocycles. The van der Waals surface area contributed by atoms with Crippen LogP contribution < -0.4 is 5.32 Å². The third-order valence-corrected chi connectivity index (χ3v) is 3.79. The highest BCUT2D eigenvalue weighted by atomic mass is 19.1. The molecule has 0 amide bonds. The van der Waals surface area contributed by atoms with E-state index in [-0.39, 0.29) is 5.82 Å². The number of hydrogen-bond acceptors (Lipinski definition) is 1. The Morgan fingerprint density at radius 2 is 1.38 bits per heavy atom. The average molecular weight is 285 g/mol. The van der Waals surface area contributed by atoms with Crippen LogP contribution in [0.25, 0.3) is 11.1 Å². The van der Waals surface area contributed by atoms with E-state index in [9.17, 15) is 4.39 Å². The summed E-state index contributed by atoms with van der Waals surface area (Å²) in [6.07, 6.45) is 1.13. The molecule has 0 aliphatic heterocycles. The van der Waals surface area contributed by atoms with E-state index in [4.69, 9.17) is 0 Å². The molecule has 112 valence electrons. The van der Waals surface area contributed by atoms with E-state index in [1.54, 1.807) is 0 Å². The first-order valence-electron chi connectivity index (χ1n) is 7.65. The summed E-state index contributed by atoms with van der Waals surface area (Å²) in [5.41, 5.74) is 3.54. The Balaban J connectivity index is 1.99. The number of benzene rings is 2. The Hall–Kier alpha value is -1.67. The average Bonchev–Trinajstić information content (AvgIpc) is 2.48. The smallest absolute Gasteiger partial charge is 0.123 e. The topological polar surface area (TPSA) is 12.0 Å². The first kappa shape index (κ1) is 15.7. The lowest BCUT2D eigenvalue weighted by atomic mass is 9.95. The quantitative estimate of drug-likeness (QED) is 0.789. The highest BCUT2D eigenvalue weighted by Gasteiger charge is 2.06. The van der Waals surface area contributed by atoms with Crippen LogP contribution in [0.5, 0.6) is 0 Å². The second-order valence-electron chi connectivity index (χ2n) is 5.93. The molecule has 2 heteroatoms. The Bertz CT molecular complexity index is 543. The molecule has 1 N–H and O–H groups in total. The zero-order chi connectivity index (χ0) is 15.2. The van der Waals surface area contributed by atoms with Crippen LogP contribution in [-0.2, 0) is 0 Å². The molecule has 21 heavy (non-hydrogen) atoms. The molecule has 1 atom stereocenters. The van der Waals surface area contributed by atoms with Gasteiger partial charge in [-0.15, -0.1) is 0 Å². The van der Waals surface area contributed by atoms with E-state index in [0.717, 1.165) is 24.1 Å². The van der Waals surface area contributed by atoms with Crippen LogP contribution in [0, 0.1) is 5.82 Å². The maximum atomic E-state index is 12.9. The van der Waals surface area contributed by atoms with Gasteiger partial charge >= 0.3 is 0 Å². The van der Waals surface area contributed by atoms with Crippen molar-refractivity contribution in [3.05, 3.63) is 59.9 Å². The molecule has 1 nitrogen and oxygen atoms in total. The summed E-state index contributed by atoms with van der Waals surface area (Å²) < 4.78 is 12.9. The van der Waals surface area contributed by atoms with Gasteiger partial charge in [-0.1, -0.05) is 57.2 Å². The van der Waals surface area contributed by atoms with Crippen LogP contribution in [0.3, 0.4) is 0 Å². The standard InChI is InChI=1S/C19H24FN/c1-14(2)21-13-12-15(3)16-4-6-17(7-5-16)18-8-10-19(20)11-9-18/h4-11,14-15,21H,12-13H2,1-3H3. The number of rotatable bonds is 6. The minimum atomic E-state index is -0.193. The largest absolute Gasteiger partial charge is 0.315 e. The Labute approximate surface area is 127 Å². The lowest BCUT2D eigenvalue weighted by Gasteiger charge is -2.14. The molecule has 0 saturated heterocycles. The lowest BCUT2D eigenvalue weighted by molar-refractivity contribution is 0.541. The van der Waals surface area contributed by atoms with Crippen molar-refractivity contribution in [2.75, 3.05) is 6.54 Å². The summed E-state index contributed by atoms with van der Waals surface area (Å²) in [5, 5.41) is 3.45. The van der Waals surface area contributed by atoms with Crippen molar-refractivity contribution in [1.29, 1.82) is 0 Å². The van der Waals surface area contributed by atoms with Gasteiger partial charge in [-0.25, -0.2) is 4.39 Å². The van der Waals surface area contributed by atoms with Crippen LogP contribution in [0.4, 0.5) is 4.39 Å². The molecule has 0 heterocycles. The Morgan fingerprint density at radius 3 is 1.90 bits per heavy atom. The first-order chi connectivity index (χ1) is 10.1. The van der Waals surface area contributed by atoms with Gasteiger partial charge in [0, 0.05) is 6.04 Å².